The fourth-order valence-corrected chi connectivity index (χ4v) is 2.98. The SMILES string of the molecule is CCC1CCCC(C(=O)c2cc(F)c(Cl)cc2F)C1. The van der Waals surface area contributed by atoms with Crippen molar-refractivity contribution in [2.75, 3.05) is 0 Å². The molecule has 0 N–H and O–H groups in total. The Balaban J connectivity index is 2.22. The van der Waals surface area contributed by atoms with Gasteiger partial charge in [-0.3, -0.25) is 4.79 Å². The van der Waals surface area contributed by atoms with Gasteiger partial charge in [-0.15, -0.1) is 0 Å². The van der Waals surface area contributed by atoms with Crippen LogP contribution in [0.4, 0.5) is 8.78 Å². The van der Waals surface area contributed by atoms with E-state index in [4.69, 9.17) is 11.6 Å². The van der Waals surface area contributed by atoms with Crippen molar-refractivity contribution >= 4 is 17.4 Å². The molecule has 2 atom stereocenters. The Morgan fingerprint density at radius 1 is 1.32 bits per heavy atom. The van der Waals surface area contributed by atoms with Crippen molar-refractivity contribution in [1.29, 1.82) is 0 Å². The molecule has 1 fully saturated rings. The molecule has 2 rings (SSSR count). The Hall–Kier alpha value is -0.960. The number of carbonyl (C=O) groups is 1. The van der Waals surface area contributed by atoms with Gasteiger partial charge in [0.05, 0.1) is 10.6 Å². The van der Waals surface area contributed by atoms with E-state index in [1.165, 1.54) is 0 Å². The normalized spacial score (nSPS) is 23.4. The zero-order valence-corrected chi connectivity index (χ0v) is 11.6. The molecule has 4 heteroatoms. The summed E-state index contributed by atoms with van der Waals surface area (Å²) >= 11 is 5.50. The molecule has 0 radical (unpaired) electrons. The Labute approximate surface area is 117 Å². The van der Waals surface area contributed by atoms with Gasteiger partial charge in [-0.1, -0.05) is 37.8 Å². The van der Waals surface area contributed by atoms with Gasteiger partial charge in [-0.25, -0.2) is 8.78 Å². The summed E-state index contributed by atoms with van der Waals surface area (Å²) < 4.78 is 27.1. The first-order valence-corrected chi connectivity index (χ1v) is 7.09. The Bertz CT molecular complexity index is 487. The molecule has 19 heavy (non-hydrogen) atoms. The molecule has 0 aromatic heterocycles. The van der Waals surface area contributed by atoms with E-state index in [0.717, 1.165) is 44.2 Å². The lowest BCUT2D eigenvalue weighted by molar-refractivity contribution is 0.0857. The number of halogens is 3. The first kappa shape index (κ1) is 14.4. The Morgan fingerprint density at radius 2 is 2.05 bits per heavy atom. The minimum Gasteiger partial charge on any atom is -0.294 e. The number of hydrogen-bond donors (Lipinski definition) is 0. The van der Waals surface area contributed by atoms with Gasteiger partial charge in [-0.2, -0.15) is 0 Å². The summed E-state index contributed by atoms with van der Waals surface area (Å²) in [6.07, 6.45) is 4.67. The second-order valence-electron chi connectivity index (χ2n) is 5.25. The zero-order chi connectivity index (χ0) is 14.0. The van der Waals surface area contributed by atoms with Crippen LogP contribution in [0.15, 0.2) is 12.1 Å². The molecule has 1 saturated carbocycles. The van der Waals surface area contributed by atoms with E-state index in [0.29, 0.717) is 5.92 Å². The predicted octanol–water partition coefficient (Wildman–Crippen LogP) is 5.02. The van der Waals surface area contributed by atoms with Crippen molar-refractivity contribution in [1.82, 2.24) is 0 Å². The van der Waals surface area contributed by atoms with E-state index >= 15 is 0 Å². The lowest BCUT2D eigenvalue weighted by atomic mass is 9.77. The van der Waals surface area contributed by atoms with E-state index in [2.05, 4.69) is 6.92 Å². The topological polar surface area (TPSA) is 17.1 Å². The maximum Gasteiger partial charge on any atom is 0.168 e. The molecule has 1 aliphatic carbocycles. The molecule has 2 unspecified atom stereocenters. The fourth-order valence-electron chi connectivity index (χ4n) is 2.83. The van der Waals surface area contributed by atoms with Gasteiger partial charge >= 0.3 is 0 Å². The summed E-state index contributed by atoms with van der Waals surface area (Å²) in [5, 5.41) is -0.288. The third-order valence-corrected chi connectivity index (χ3v) is 4.30. The van der Waals surface area contributed by atoms with Crippen molar-refractivity contribution in [2.24, 2.45) is 11.8 Å². The van der Waals surface area contributed by atoms with Gasteiger partial charge < -0.3 is 0 Å². The van der Waals surface area contributed by atoms with Crippen molar-refractivity contribution in [3.05, 3.63) is 34.4 Å². The molecule has 1 aliphatic rings. The maximum absolute atomic E-state index is 13.7. The van der Waals surface area contributed by atoms with Crippen LogP contribution in [-0.4, -0.2) is 5.78 Å². The van der Waals surface area contributed by atoms with Crippen molar-refractivity contribution in [3.63, 3.8) is 0 Å². The third-order valence-electron chi connectivity index (χ3n) is 4.01. The van der Waals surface area contributed by atoms with E-state index in [-0.39, 0.29) is 22.3 Å². The van der Waals surface area contributed by atoms with E-state index in [1.54, 1.807) is 0 Å². The molecular weight excluding hydrogens is 270 g/mol. The van der Waals surface area contributed by atoms with Gasteiger partial charge in [0.1, 0.15) is 11.6 Å². The first-order valence-electron chi connectivity index (χ1n) is 6.71. The largest absolute Gasteiger partial charge is 0.294 e. The van der Waals surface area contributed by atoms with Crippen molar-refractivity contribution in [3.8, 4) is 0 Å². The van der Waals surface area contributed by atoms with Crippen LogP contribution >= 0.6 is 11.6 Å². The highest BCUT2D eigenvalue weighted by molar-refractivity contribution is 6.30. The molecule has 0 spiro atoms. The molecular formula is C15H17ClF2O. The van der Waals surface area contributed by atoms with E-state index < -0.39 is 11.6 Å². The van der Waals surface area contributed by atoms with Crippen LogP contribution in [0.2, 0.25) is 5.02 Å². The second kappa shape index (κ2) is 6.00. The summed E-state index contributed by atoms with van der Waals surface area (Å²) in [7, 11) is 0. The summed E-state index contributed by atoms with van der Waals surface area (Å²) in [6.45, 7) is 2.10. The average Bonchev–Trinajstić information content (AvgIpc) is 2.42. The molecule has 0 bridgehead atoms. The molecule has 0 heterocycles. The molecule has 1 nitrogen and oxygen atoms in total. The predicted molar refractivity (Wildman–Crippen MR) is 71.4 cm³/mol. The van der Waals surface area contributed by atoms with Gasteiger partial charge in [0.25, 0.3) is 0 Å². The Morgan fingerprint density at radius 3 is 2.74 bits per heavy atom. The number of ketones is 1. The highest BCUT2D eigenvalue weighted by Gasteiger charge is 2.29. The van der Waals surface area contributed by atoms with Gasteiger partial charge in [-0.05, 0) is 30.9 Å². The van der Waals surface area contributed by atoms with Crippen LogP contribution in [0.5, 0.6) is 0 Å². The summed E-state index contributed by atoms with van der Waals surface area (Å²) in [5.74, 6) is -1.42. The molecule has 1 aromatic rings. The summed E-state index contributed by atoms with van der Waals surface area (Å²) in [4.78, 5) is 12.3. The smallest absolute Gasteiger partial charge is 0.168 e. The average molecular weight is 287 g/mol. The number of carbonyl (C=O) groups excluding carboxylic acids is 1. The molecule has 0 aliphatic heterocycles. The quantitative estimate of drug-likeness (QED) is 0.563. The monoisotopic (exact) mass is 286 g/mol. The van der Waals surface area contributed by atoms with E-state index in [1.807, 2.05) is 0 Å². The lowest BCUT2D eigenvalue weighted by Crippen LogP contribution is -2.23. The van der Waals surface area contributed by atoms with E-state index in [9.17, 15) is 13.6 Å². The summed E-state index contributed by atoms with van der Waals surface area (Å²) in [6, 6.07) is 1.81. The first-order chi connectivity index (χ1) is 9.02. The number of benzene rings is 1. The number of hydrogen-bond acceptors (Lipinski definition) is 1. The molecule has 0 saturated heterocycles. The molecule has 1 aromatic carbocycles. The van der Waals surface area contributed by atoms with Crippen LogP contribution < -0.4 is 0 Å². The minimum absolute atomic E-state index is 0.163. The van der Waals surface area contributed by atoms with Crippen LogP contribution in [0.25, 0.3) is 0 Å². The highest BCUT2D eigenvalue weighted by atomic mass is 35.5. The standard InChI is InChI=1S/C15H17ClF2O/c1-2-9-4-3-5-10(6-9)15(19)11-7-14(18)12(16)8-13(11)17/h7-10H,2-6H2,1H3. The number of Topliss-reactive ketones (excluding diaryl/α,β-unsaturated/α-hetero) is 1. The highest BCUT2D eigenvalue weighted by Crippen LogP contribution is 2.34. The van der Waals surface area contributed by atoms with Crippen LogP contribution in [-0.2, 0) is 0 Å². The molecule has 104 valence electrons. The second-order valence-corrected chi connectivity index (χ2v) is 5.66. The van der Waals surface area contributed by atoms with Crippen LogP contribution in [0.3, 0.4) is 0 Å². The van der Waals surface area contributed by atoms with Gasteiger partial charge in [0.2, 0.25) is 0 Å². The summed E-state index contributed by atoms with van der Waals surface area (Å²) in [5.41, 5.74) is -0.163. The van der Waals surface area contributed by atoms with Crippen molar-refractivity contribution in [2.45, 2.75) is 39.0 Å². The minimum atomic E-state index is -0.741. The molecule has 0 amide bonds. The lowest BCUT2D eigenvalue weighted by Gasteiger charge is -2.27. The zero-order valence-electron chi connectivity index (χ0n) is 10.9. The van der Waals surface area contributed by atoms with Crippen molar-refractivity contribution < 1.29 is 13.6 Å². The third kappa shape index (κ3) is 3.14. The maximum atomic E-state index is 13.7. The van der Waals surface area contributed by atoms with Gasteiger partial charge in [0, 0.05) is 5.92 Å². The number of rotatable bonds is 3. The fraction of sp³-hybridized carbons (Fsp3) is 0.533. The van der Waals surface area contributed by atoms with Crippen LogP contribution in [0, 0.1) is 23.5 Å². The van der Waals surface area contributed by atoms with Crippen LogP contribution in [0.1, 0.15) is 49.4 Å². The Kier molecular flexibility index (Phi) is 4.56. The van der Waals surface area contributed by atoms with Gasteiger partial charge in [0.15, 0.2) is 5.78 Å².